The molecule has 0 N–H and O–H groups in total. The lowest BCUT2D eigenvalue weighted by Crippen LogP contribution is -1.92. The summed E-state index contributed by atoms with van der Waals surface area (Å²) in [5.41, 5.74) is 0.261. The minimum absolute atomic E-state index is 0.0471. The Hall–Kier alpha value is -0.630. The van der Waals surface area contributed by atoms with Crippen LogP contribution in [0.15, 0.2) is 18.2 Å². The molecule has 0 aliphatic heterocycles. The summed E-state index contributed by atoms with van der Waals surface area (Å²) in [6, 6.07) is 4.33. The Bertz CT molecular complexity index is 228. The fourth-order valence-corrected chi connectivity index (χ4v) is 1.12. The SMILES string of the molecule is FCCc1c(F)cccc1Cl. The zero-order valence-electron chi connectivity index (χ0n) is 5.78. The Morgan fingerprint density at radius 2 is 2.09 bits per heavy atom. The number of hydrogen-bond donors (Lipinski definition) is 0. The third-order valence-corrected chi connectivity index (χ3v) is 1.76. The van der Waals surface area contributed by atoms with Crippen LogP contribution in [0.25, 0.3) is 0 Å². The van der Waals surface area contributed by atoms with Crippen molar-refractivity contribution in [3.63, 3.8) is 0 Å². The van der Waals surface area contributed by atoms with Gasteiger partial charge in [-0.05, 0) is 12.1 Å². The first-order valence-corrected chi connectivity index (χ1v) is 3.62. The summed E-state index contributed by atoms with van der Waals surface area (Å²) in [4.78, 5) is 0. The van der Waals surface area contributed by atoms with Crippen molar-refractivity contribution in [2.24, 2.45) is 0 Å². The van der Waals surface area contributed by atoms with E-state index < -0.39 is 12.5 Å². The highest BCUT2D eigenvalue weighted by Gasteiger charge is 2.04. The van der Waals surface area contributed by atoms with Gasteiger partial charge >= 0.3 is 0 Å². The van der Waals surface area contributed by atoms with Crippen molar-refractivity contribution in [3.05, 3.63) is 34.6 Å². The van der Waals surface area contributed by atoms with Crippen LogP contribution >= 0.6 is 11.6 Å². The summed E-state index contributed by atoms with van der Waals surface area (Å²) in [5, 5.41) is 0.294. The molecule has 0 aliphatic carbocycles. The Morgan fingerprint density at radius 1 is 1.36 bits per heavy atom. The van der Waals surface area contributed by atoms with Crippen molar-refractivity contribution in [1.29, 1.82) is 0 Å². The van der Waals surface area contributed by atoms with Gasteiger partial charge in [-0.1, -0.05) is 17.7 Å². The number of halogens is 3. The molecule has 0 spiro atoms. The van der Waals surface area contributed by atoms with Crippen molar-refractivity contribution in [2.75, 3.05) is 6.67 Å². The molecular weight excluding hydrogens is 170 g/mol. The lowest BCUT2D eigenvalue weighted by molar-refractivity contribution is 0.485. The van der Waals surface area contributed by atoms with E-state index in [2.05, 4.69) is 0 Å². The summed E-state index contributed by atoms with van der Waals surface area (Å²) in [6.45, 7) is -0.583. The van der Waals surface area contributed by atoms with E-state index in [1.807, 2.05) is 0 Å². The Labute approximate surface area is 68.8 Å². The van der Waals surface area contributed by atoms with Gasteiger partial charge in [0.25, 0.3) is 0 Å². The van der Waals surface area contributed by atoms with E-state index in [1.165, 1.54) is 12.1 Å². The summed E-state index contributed by atoms with van der Waals surface area (Å²) in [6.07, 6.45) is 0.0471. The van der Waals surface area contributed by atoms with Crippen LogP contribution in [-0.2, 0) is 6.42 Å². The zero-order valence-corrected chi connectivity index (χ0v) is 6.54. The van der Waals surface area contributed by atoms with Crippen LogP contribution in [-0.4, -0.2) is 6.67 Å². The summed E-state index contributed by atoms with van der Waals surface area (Å²) >= 11 is 5.60. The normalized spacial score (nSPS) is 10.1. The molecule has 0 nitrogen and oxygen atoms in total. The minimum Gasteiger partial charge on any atom is -0.251 e. The van der Waals surface area contributed by atoms with E-state index in [0.717, 1.165) is 0 Å². The lowest BCUT2D eigenvalue weighted by atomic mass is 10.1. The molecule has 0 fully saturated rings. The van der Waals surface area contributed by atoms with Crippen LogP contribution in [0.3, 0.4) is 0 Å². The van der Waals surface area contributed by atoms with Crippen LogP contribution < -0.4 is 0 Å². The third-order valence-electron chi connectivity index (χ3n) is 1.41. The summed E-state index contributed by atoms with van der Waals surface area (Å²) < 4.78 is 24.6. The van der Waals surface area contributed by atoms with E-state index in [0.29, 0.717) is 5.02 Å². The van der Waals surface area contributed by atoms with E-state index in [-0.39, 0.29) is 12.0 Å². The summed E-state index contributed by atoms with van der Waals surface area (Å²) in [7, 11) is 0. The number of alkyl halides is 1. The molecule has 0 aliphatic rings. The Kier molecular flexibility index (Phi) is 2.83. The molecule has 0 saturated carbocycles. The number of hydrogen-bond acceptors (Lipinski definition) is 0. The van der Waals surface area contributed by atoms with Gasteiger partial charge in [0.15, 0.2) is 0 Å². The average molecular weight is 177 g/mol. The highest BCUT2D eigenvalue weighted by Crippen LogP contribution is 2.19. The molecule has 3 heteroatoms. The van der Waals surface area contributed by atoms with Crippen molar-refractivity contribution in [2.45, 2.75) is 6.42 Å². The maximum Gasteiger partial charge on any atom is 0.127 e. The van der Waals surface area contributed by atoms with Crippen molar-refractivity contribution in [1.82, 2.24) is 0 Å². The van der Waals surface area contributed by atoms with Gasteiger partial charge in [-0.15, -0.1) is 0 Å². The Balaban J connectivity index is 3.00. The second-order valence-corrected chi connectivity index (χ2v) is 2.55. The molecule has 0 heterocycles. The van der Waals surface area contributed by atoms with E-state index in [1.54, 1.807) is 6.07 Å². The van der Waals surface area contributed by atoms with Gasteiger partial charge in [0.05, 0.1) is 6.67 Å². The highest BCUT2D eigenvalue weighted by molar-refractivity contribution is 6.31. The van der Waals surface area contributed by atoms with Gasteiger partial charge in [-0.2, -0.15) is 0 Å². The zero-order chi connectivity index (χ0) is 8.27. The quantitative estimate of drug-likeness (QED) is 0.650. The number of benzene rings is 1. The molecule has 1 rings (SSSR count). The van der Waals surface area contributed by atoms with Crippen LogP contribution in [0.4, 0.5) is 8.78 Å². The molecule has 0 unspecified atom stereocenters. The van der Waals surface area contributed by atoms with Crippen LogP contribution in [0.5, 0.6) is 0 Å². The Morgan fingerprint density at radius 3 is 2.64 bits per heavy atom. The van der Waals surface area contributed by atoms with Gasteiger partial charge in [0.2, 0.25) is 0 Å². The van der Waals surface area contributed by atoms with Gasteiger partial charge < -0.3 is 0 Å². The van der Waals surface area contributed by atoms with Gasteiger partial charge in [0.1, 0.15) is 5.82 Å². The second-order valence-electron chi connectivity index (χ2n) is 2.14. The van der Waals surface area contributed by atoms with Crippen molar-refractivity contribution >= 4 is 11.6 Å². The molecular formula is C8H7ClF2. The predicted octanol–water partition coefficient (Wildman–Crippen LogP) is 2.99. The standard InChI is InChI=1S/C8H7ClF2/c9-7-2-1-3-8(11)6(7)4-5-10/h1-3H,4-5H2. The molecule has 0 amide bonds. The molecule has 0 atom stereocenters. The van der Waals surface area contributed by atoms with Crippen LogP contribution in [0.1, 0.15) is 5.56 Å². The maximum atomic E-state index is 12.8. The molecule has 11 heavy (non-hydrogen) atoms. The smallest absolute Gasteiger partial charge is 0.127 e. The van der Waals surface area contributed by atoms with Gasteiger partial charge in [0, 0.05) is 17.0 Å². The molecule has 0 saturated heterocycles. The topological polar surface area (TPSA) is 0 Å². The first kappa shape index (κ1) is 8.47. The molecule has 60 valence electrons. The highest BCUT2D eigenvalue weighted by atomic mass is 35.5. The predicted molar refractivity (Wildman–Crippen MR) is 41.1 cm³/mol. The van der Waals surface area contributed by atoms with Crippen LogP contribution in [0, 0.1) is 5.82 Å². The fraction of sp³-hybridized carbons (Fsp3) is 0.250. The van der Waals surface area contributed by atoms with E-state index >= 15 is 0 Å². The molecule has 1 aromatic carbocycles. The maximum absolute atomic E-state index is 12.8. The fourth-order valence-electron chi connectivity index (χ4n) is 0.866. The van der Waals surface area contributed by atoms with E-state index in [4.69, 9.17) is 11.6 Å². The summed E-state index contributed by atoms with van der Waals surface area (Å²) in [5.74, 6) is -0.435. The molecule has 0 aromatic heterocycles. The van der Waals surface area contributed by atoms with E-state index in [9.17, 15) is 8.78 Å². The average Bonchev–Trinajstić information content (AvgIpc) is 1.97. The number of rotatable bonds is 2. The molecule has 0 radical (unpaired) electrons. The van der Waals surface area contributed by atoms with Gasteiger partial charge in [-0.25, -0.2) is 4.39 Å². The van der Waals surface area contributed by atoms with Gasteiger partial charge in [-0.3, -0.25) is 4.39 Å². The first-order chi connectivity index (χ1) is 5.25. The molecule has 1 aromatic rings. The largest absolute Gasteiger partial charge is 0.251 e. The first-order valence-electron chi connectivity index (χ1n) is 3.24. The second kappa shape index (κ2) is 3.67. The minimum atomic E-state index is -0.583. The third kappa shape index (κ3) is 1.90. The monoisotopic (exact) mass is 176 g/mol. The van der Waals surface area contributed by atoms with Crippen molar-refractivity contribution < 1.29 is 8.78 Å². The van der Waals surface area contributed by atoms with Crippen LogP contribution in [0.2, 0.25) is 5.02 Å². The molecule has 0 bridgehead atoms. The lowest BCUT2D eigenvalue weighted by Gasteiger charge is -2.01. The van der Waals surface area contributed by atoms with Crippen molar-refractivity contribution in [3.8, 4) is 0 Å².